The monoisotopic (exact) mass is 759 g/mol. The molecule has 0 spiro atoms. The van der Waals surface area contributed by atoms with Crippen molar-refractivity contribution in [1.29, 1.82) is 0 Å². The van der Waals surface area contributed by atoms with E-state index >= 15 is 0 Å². The Bertz CT molecular complexity index is 3530. The first-order valence-corrected chi connectivity index (χ1v) is 20.4. The zero-order chi connectivity index (χ0) is 38.2. The fourth-order valence-electron chi connectivity index (χ4n) is 8.71. The summed E-state index contributed by atoms with van der Waals surface area (Å²) in [4.78, 5) is 10.8. The molecule has 4 nitrogen and oxygen atoms in total. The van der Waals surface area contributed by atoms with Gasteiger partial charge in [0.2, 0.25) is 0 Å². The summed E-state index contributed by atoms with van der Waals surface area (Å²) >= 11 is 1.82. The second-order valence-electron chi connectivity index (χ2n) is 14.9. The zero-order valence-electron chi connectivity index (χ0n) is 31.3. The molecule has 0 saturated heterocycles. The molecule has 12 rings (SSSR count). The molecule has 0 radical (unpaired) electrons. The van der Waals surface area contributed by atoms with Crippen LogP contribution in [0, 0.1) is 0 Å². The van der Waals surface area contributed by atoms with E-state index in [1.807, 2.05) is 17.4 Å². The van der Waals surface area contributed by atoms with Crippen molar-refractivity contribution in [2.45, 2.75) is 6.42 Å². The third-order valence-electron chi connectivity index (χ3n) is 11.5. The number of benzene rings is 8. The number of para-hydroxylation sites is 2. The topological polar surface area (TPSA) is 42.8 Å². The number of hydrogen-bond acceptors (Lipinski definition) is 4. The third-order valence-corrected chi connectivity index (χ3v) is 12.6. The Morgan fingerprint density at radius 1 is 0.448 bits per heavy atom. The van der Waals surface area contributed by atoms with Crippen LogP contribution in [0.25, 0.3) is 92.0 Å². The van der Waals surface area contributed by atoms with E-state index in [-0.39, 0.29) is 0 Å². The maximum Gasteiger partial charge on any atom is 0.161 e. The molecule has 272 valence electrons. The number of nitrogens with zero attached hydrogens (tertiary/aromatic N) is 3. The Morgan fingerprint density at radius 2 is 1.10 bits per heavy atom. The molecule has 11 aromatic rings. The molecule has 1 aliphatic rings. The van der Waals surface area contributed by atoms with Crippen molar-refractivity contribution >= 4 is 92.6 Å². The normalized spacial score (nSPS) is 13.4. The largest absolute Gasteiger partial charge is 0.455 e. The Balaban J connectivity index is 1.05. The summed E-state index contributed by atoms with van der Waals surface area (Å²) in [5.41, 5.74) is 11.6. The van der Waals surface area contributed by atoms with Crippen LogP contribution in [0.3, 0.4) is 0 Å². The van der Waals surface area contributed by atoms with Crippen LogP contribution in [0.1, 0.15) is 17.5 Å². The SMILES string of the molecule is C1=C(n2c3ccccc3c3cc(-c4cc(-c5ccccc5)c5oc6ccccc6c5c4)ccc32)N=C(c2ccc3sc4ccccc4c3c2)N=C(c2ccccc2)C1. The van der Waals surface area contributed by atoms with Crippen molar-refractivity contribution in [3.8, 4) is 22.3 Å². The van der Waals surface area contributed by atoms with Gasteiger partial charge in [-0.25, -0.2) is 9.98 Å². The summed E-state index contributed by atoms with van der Waals surface area (Å²) < 4.78 is 11.4. The van der Waals surface area contributed by atoms with Gasteiger partial charge in [-0.3, -0.25) is 4.57 Å². The van der Waals surface area contributed by atoms with Gasteiger partial charge in [0, 0.05) is 59.3 Å². The highest BCUT2D eigenvalue weighted by atomic mass is 32.1. The Labute approximate surface area is 338 Å². The van der Waals surface area contributed by atoms with Gasteiger partial charge in [-0.15, -0.1) is 11.3 Å². The second kappa shape index (κ2) is 13.1. The molecule has 3 aromatic heterocycles. The van der Waals surface area contributed by atoms with E-state index in [9.17, 15) is 0 Å². The van der Waals surface area contributed by atoms with Crippen LogP contribution in [0.2, 0.25) is 0 Å². The van der Waals surface area contributed by atoms with Gasteiger partial charge in [-0.2, -0.15) is 0 Å². The van der Waals surface area contributed by atoms with Crippen molar-refractivity contribution in [3.63, 3.8) is 0 Å². The van der Waals surface area contributed by atoms with Gasteiger partial charge in [-0.1, -0.05) is 121 Å². The predicted molar refractivity (Wildman–Crippen MR) is 245 cm³/mol. The summed E-state index contributed by atoms with van der Waals surface area (Å²) in [5.74, 6) is 1.56. The van der Waals surface area contributed by atoms with E-state index in [1.54, 1.807) is 0 Å². The molecule has 0 saturated carbocycles. The number of aliphatic imine (C=N–C) groups is 2. The first kappa shape index (κ1) is 32.9. The second-order valence-corrected chi connectivity index (χ2v) is 16.0. The van der Waals surface area contributed by atoms with Gasteiger partial charge in [0.1, 0.15) is 17.0 Å². The zero-order valence-corrected chi connectivity index (χ0v) is 32.1. The summed E-state index contributed by atoms with van der Waals surface area (Å²) in [7, 11) is 0. The third kappa shape index (κ3) is 5.28. The minimum Gasteiger partial charge on any atom is -0.455 e. The van der Waals surface area contributed by atoms with E-state index in [1.165, 1.54) is 30.9 Å². The van der Waals surface area contributed by atoms with Crippen molar-refractivity contribution in [2.24, 2.45) is 9.98 Å². The Morgan fingerprint density at radius 3 is 1.97 bits per heavy atom. The van der Waals surface area contributed by atoms with E-state index in [0.717, 1.165) is 77.9 Å². The van der Waals surface area contributed by atoms with Gasteiger partial charge in [-0.05, 0) is 89.0 Å². The minimum atomic E-state index is 0.642. The minimum absolute atomic E-state index is 0.642. The van der Waals surface area contributed by atoms with Crippen LogP contribution in [-0.2, 0) is 0 Å². The molecule has 4 heterocycles. The van der Waals surface area contributed by atoms with Crippen LogP contribution in [0.5, 0.6) is 0 Å². The lowest BCUT2D eigenvalue weighted by atomic mass is 9.95. The van der Waals surface area contributed by atoms with E-state index < -0.39 is 0 Å². The quantitative estimate of drug-likeness (QED) is 0.172. The van der Waals surface area contributed by atoms with Gasteiger partial charge in [0.15, 0.2) is 5.84 Å². The molecule has 0 amide bonds. The molecule has 0 fully saturated rings. The molecule has 0 N–H and O–H groups in total. The smallest absolute Gasteiger partial charge is 0.161 e. The van der Waals surface area contributed by atoms with Crippen LogP contribution >= 0.6 is 11.3 Å². The molecule has 0 unspecified atom stereocenters. The van der Waals surface area contributed by atoms with E-state index in [0.29, 0.717) is 12.3 Å². The number of aromatic nitrogens is 1. The average Bonchev–Trinajstić information content (AvgIpc) is 3.90. The molecular formula is C53H33N3OS. The highest BCUT2D eigenvalue weighted by Gasteiger charge is 2.21. The first-order chi connectivity index (χ1) is 28.7. The van der Waals surface area contributed by atoms with E-state index in [4.69, 9.17) is 14.4 Å². The van der Waals surface area contributed by atoms with Crippen LogP contribution in [0.15, 0.2) is 202 Å². The molecule has 1 aliphatic heterocycles. The number of thiophene rings is 1. The number of rotatable bonds is 5. The number of fused-ring (bicyclic) bond motifs is 9. The highest BCUT2D eigenvalue weighted by Crippen LogP contribution is 2.42. The lowest BCUT2D eigenvalue weighted by molar-refractivity contribution is 0.670. The standard InChI is InChI=1S/C53H33N3OS/c1-3-13-33(14-4-1)41-31-37(32-44-39-18-8-11-21-48(39)57-52(41)44)35-23-26-47-42(29-35)38-17-7-10-20-46(38)56(47)51-28-25-45(34-15-5-2-6-16-34)54-53(55-51)36-24-27-50-43(30-36)40-19-9-12-22-49(40)58-50/h1-24,26-32H,25H2. The molecule has 0 atom stereocenters. The number of amidine groups is 1. The van der Waals surface area contributed by atoms with Crippen LogP contribution in [-0.4, -0.2) is 16.1 Å². The summed E-state index contributed by atoms with van der Waals surface area (Å²) in [6.45, 7) is 0. The molecule has 0 aliphatic carbocycles. The van der Waals surface area contributed by atoms with Gasteiger partial charge in [0.05, 0.1) is 16.7 Å². The van der Waals surface area contributed by atoms with Crippen molar-refractivity contribution in [2.75, 3.05) is 0 Å². The molecule has 5 heteroatoms. The number of hydrogen-bond donors (Lipinski definition) is 0. The number of furan rings is 1. The molecule has 8 aromatic carbocycles. The van der Waals surface area contributed by atoms with Gasteiger partial charge >= 0.3 is 0 Å². The summed E-state index contributed by atoms with van der Waals surface area (Å²) in [5, 5.41) is 7.07. The Hall–Kier alpha value is -7.34. The van der Waals surface area contributed by atoms with Crippen LogP contribution < -0.4 is 0 Å². The maximum atomic E-state index is 6.52. The average molecular weight is 760 g/mol. The molecule has 58 heavy (non-hydrogen) atoms. The lowest BCUT2D eigenvalue weighted by Crippen LogP contribution is -2.05. The summed E-state index contributed by atoms with van der Waals surface area (Å²) in [6, 6.07) is 64.7. The van der Waals surface area contributed by atoms with Crippen molar-refractivity contribution in [1.82, 2.24) is 4.57 Å². The van der Waals surface area contributed by atoms with Crippen molar-refractivity contribution < 1.29 is 4.42 Å². The first-order valence-electron chi connectivity index (χ1n) is 19.6. The Kier molecular flexibility index (Phi) is 7.43. The predicted octanol–water partition coefficient (Wildman–Crippen LogP) is 14.5. The van der Waals surface area contributed by atoms with Crippen molar-refractivity contribution in [3.05, 3.63) is 199 Å². The van der Waals surface area contributed by atoms with Crippen LogP contribution in [0.4, 0.5) is 0 Å². The maximum absolute atomic E-state index is 6.52. The fraction of sp³-hybridized carbons (Fsp3) is 0.0189. The molecular weight excluding hydrogens is 727 g/mol. The van der Waals surface area contributed by atoms with Gasteiger partial charge < -0.3 is 4.42 Å². The fourth-order valence-corrected chi connectivity index (χ4v) is 9.80. The number of allylic oxidation sites excluding steroid dienone is 1. The van der Waals surface area contributed by atoms with Gasteiger partial charge in [0.25, 0.3) is 0 Å². The van der Waals surface area contributed by atoms with E-state index in [2.05, 4.69) is 187 Å². The molecule has 0 bridgehead atoms. The summed E-state index contributed by atoms with van der Waals surface area (Å²) in [6.07, 6.45) is 2.88. The highest BCUT2D eigenvalue weighted by molar-refractivity contribution is 7.25. The lowest BCUT2D eigenvalue weighted by Gasteiger charge is -2.11.